The van der Waals surface area contributed by atoms with Gasteiger partial charge < -0.3 is 19.1 Å². The molecule has 1 amide bonds. The van der Waals surface area contributed by atoms with Gasteiger partial charge in [-0.3, -0.25) is 4.79 Å². The molecule has 0 radical (unpaired) electrons. The van der Waals surface area contributed by atoms with Gasteiger partial charge >= 0.3 is 0 Å². The lowest BCUT2D eigenvalue weighted by molar-refractivity contribution is -0.131. The van der Waals surface area contributed by atoms with Crippen molar-refractivity contribution < 1.29 is 19.0 Å². The maximum Gasteiger partial charge on any atom is 0.227 e. The van der Waals surface area contributed by atoms with Crippen LogP contribution in [-0.2, 0) is 11.2 Å². The maximum absolute atomic E-state index is 12.8. The van der Waals surface area contributed by atoms with Crippen molar-refractivity contribution in [2.75, 3.05) is 28.4 Å². The normalized spacial score (nSPS) is 11.7. The average molecular weight is 412 g/mol. The summed E-state index contributed by atoms with van der Waals surface area (Å²) in [6, 6.07) is 8.60. The second kappa shape index (κ2) is 9.20. The van der Waals surface area contributed by atoms with Gasteiger partial charge in [0.2, 0.25) is 11.7 Å². The fourth-order valence-corrected chi connectivity index (χ4v) is 3.37. The first-order chi connectivity index (χ1) is 12.8. The van der Waals surface area contributed by atoms with E-state index in [1.807, 2.05) is 13.0 Å². The molecule has 0 aromatic heterocycles. The Morgan fingerprint density at radius 2 is 1.63 bits per heavy atom. The number of methoxy groups -OCH3 is 3. The Hall–Kier alpha value is -2.11. The number of halogens is 2. The van der Waals surface area contributed by atoms with E-state index in [4.69, 9.17) is 37.4 Å². The van der Waals surface area contributed by atoms with Crippen molar-refractivity contribution in [1.29, 1.82) is 0 Å². The Kier molecular flexibility index (Phi) is 7.22. The van der Waals surface area contributed by atoms with Gasteiger partial charge in [-0.15, -0.1) is 0 Å². The molecule has 1 atom stereocenters. The van der Waals surface area contributed by atoms with E-state index in [-0.39, 0.29) is 18.4 Å². The van der Waals surface area contributed by atoms with Gasteiger partial charge in [0.25, 0.3) is 0 Å². The number of rotatable bonds is 7. The van der Waals surface area contributed by atoms with Crippen LogP contribution in [-0.4, -0.2) is 39.2 Å². The van der Waals surface area contributed by atoms with E-state index in [0.717, 1.165) is 11.1 Å². The monoisotopic (exact) mass is 411 g/mol. The SMILES string of the molecule is COc1cc(CC(=O)N(C)C(C)c2ccc(Cl)cc2Cl)cc(OC)c1OC. The first kappa shape index (κ1) is 21.2. The van der Waals surface area contributed by atoms with Crippen LogP contribution in [0.25, 0.3) is 0 Å². The highest BCUT2D eigenvalue weighted by atomic mass is 35.5. The first-order valence-corrected chi connectivity index (χ1v) is 9.07. The lowest BCUT2D eigenvalue weighted by Crippen LogP contribution is -2.31. The summed E-state index contributed by atoms with van der Waals surface area (Å²) in [6.45, 7) is 1.92. The Morgan fingerprint density at radius 3 is 2.11 bits per heavy atom. The van der Waals surface area contributed by atoms with Crippen LogP contribution in [0.3, 0.4) is 0 Å². The van der Waals surface area contributed by atoms with Crippen LogP contribution >= 0.6 is 23.2 Å². The zero-order chi connectivity index (χ0) is 20.1. The molecule has 0 aliphatic carbocycles. The second-order valence-corrected chi connectivity index (χ2v) is 6.90. The molecule has 0 saturated heterocycles. The smallest absolute Gasteiger partial charge is 0.227 e. The number of nitrogens with zero attached hydrogens (tertiary/aromatic N) is 1. The molecule has 146 valence electrons. The molecule has 0 bridgehead atoms. The molecular formula is C20H23Cl2NO4. The quantitative estimate of drug-likeness (QED) is 0.657. The summed E-state index contributed by atoms with van der Waals surface area (Å²) in [6.07, 6.45) is 0.183. The minimum atomic E-state index is -0.204. The van der Waals surface area contributed by atoms with Gasteiger partial charge in [0.1, 0.15) is 0 Å². The summed E-state index contributed by atoms with van der Waals surface area (Å²) in [7, 11) is 6.37. The standard InChI is InChI=1S/C20H23Cl2NO4/c1-12(15-7-6-14(21)11-16(15)22)23(2)19(24)10-13-8-17(25-3)20(27-5)18(9-13)26-4/h6-9,11-12H,10H2,1-5H3. The lowest BCUT2D eigenvalue weighted by Gasteiger charge is -2.26. The number of carbonyl (C=O) groups excluding carboxylic acids is 1. The number of hydrogen-bond acceptors (Lipinski definition) is 4. The summed E-state index contributed by atoms with van der Waals surface area (Å²) in [5.41, 5.74) is 1.59. The summed E-state index contributed by atoms with van der Waals surface area (Å²) in [5, 5.41) is 1.09. The van der Waals surface area contributed by atoms with E-state index < -0.39 is 0 Å². The van der Waals surface area contributed by atoms with Crippen LogP contribution in [0.15, 0.2) is 30.3 Å². The Bertz CT molecular complexity index is 801. The second-order valence-electron chi connectivity index (χ2n) is 6.06. The molecule has 0 aliphatic rings. The molecule has 0 spiro atoms. The number of amides is 1. The predicted octanol–water partition coefficient (Wildman–Crippen LogP) is 4.78. The van der Waals surface area contributed by atoms with Crippen LogP contribution in [0.4, 0.5) is 0 Å². The molecule has 0 heterocycles. The summed E-state index contributed by atoms with van der Waals surface area (Å²) < 4.78 is 16.0. The third-order valence-electron chi connectivity index (χ3n) is 4.47. The first-order valence-electron chi connectivity index (χ1n) is 8.31. The highest BCUT2D eigenvalue weighted by Crippen LogP contribution is 2.38. The van der Waals surface area contributed by atoms with Gasteiger partial charge in [0.05, 0.1) is 33.8 Å². The van der Waals surface area contributed by atoms with Gasteiger partial charge in [0, 0.05) is 17.1 Å². The Labute approximate surface area is 169 Å². The van der Waals surface area contributed by atoms with Gasteiger partial charge in [-0.1, -0.05) is 29.3 Å². The van der Waals surface area contributed by atoms with Crippen LogP contribution in [0, 0.1) is 0 Å². The molecular weight excluding hydrogens is 389 g/mol. The molecule has 5 nitrogen and oxygen atoms in total. The van der Waals surface area contributed by atoms with Crippen molar-refractivity contribution in [3.63, 3.8) is 0 Å². The molecule has 1 unspecified atom stereocenters. The molecule has 2 rings (SSSR count). The van der Waals surface area contributed by atoms with Crippen LogP contribution in [0.5, 0.6) is 17.2 Å². The Balaban J connectivity index is 2.23. The summed E-state index contributed by atoms with van der Waals surface area (Å²) in [4.78, 5) is 14.5. The average Bonchev–Trinajstić information content (AvgIpc) is 2.65. The van der Waals surface area contributed by atoms with Crippen molar-refractivity contribution in [3.8, 4) is 17.2 Å². The lowest BCUT2D eigenvalue weighted by atomic mass is 10.1. The molecule has 0 fully saturated rings. The zero-order valence-corrected chi connectivity index (χ0v) is 17.5. The van der Waals surface area contributed by atoms with Gasteiger partial charge in [-0.05, 0) is 42.3 Å². The summed E-state index contributed by atoms with van der Waals surface area (Å²) in [5.74, 6) is 1.45. The van der Waals surface area contributed by atoms with E-state index in [2.05, 4.69) is 0 Å². The number of ether oxygens (including phenoxy) is 3. The molecule has 0 saturated carbocycles. The van der Waals surface area contributed by atoms with E-state index in [1.165, 1.54) is 7.11 Å². The fourth-order valence-electron chi connectivity index (χ4n) is 2.80. The summed E-state index contributed by atoms with van der Waals surface area (Å²) >= 11 is 12.2. The maximum atomic E-state index is 12.8. The van der Waals surface area contributed by atoms with Gasteiger partial charge in [-0.2, -0.15) is 0 Å². The predicted molar refractivity (Wildman–Crippen MR) is 107 cm³/mol. The molecule has 0 N–H and O–H groups in total. The number of benzene rings is 2. The number of hydrogen-bond donors (Lipinski definition) is 0. The third-order valence-corrected chi connectivity index (χ3v) is 5.03. The minimum absolute atomic E-state index is 0.0669. The minimum Gasteiger partial charge on any atom is -0.493 e. The topological polar surface area (TPSA) is 48.0 Å². The van der Waals surface area contributed by atoms with Crippen molar-refractivity contribution >= 4 is 29.1 Å². The van der Waals surface area contributed by atoms with E-state index >= 15 is 0 Å². The molecule has 2 aromatic rings. The third kappa shape index (κ3) is 4.79. The van der Waals surface area contributed by atoms with Crippen LogP contribution < -0.4 is 14.2 Å². The Morgan fingerprint density at radius 1 is 1.04 bits per heavy atom. The molecule has 7 heteroatoms. The van der Waals surface area contributed by atoms with E-state index in [0.29, 0.717) is 27.3 Å². The van der Waals surface area contributed by atoms with Crippen molar-refractivity contribution in [2.24, 2.45) is 0 Å². The molecule has 2 aromatic carbocycles. The highest BCUT2D eigenvalue weighted by molar-refractivity contribution is 6.35. The highest BCUT2D eigenvalue weighted by Gasteiger charge is 2.21. The number of likely N-dealkylation sites (N-methyl/N-ethyl adjacent to an activating group) is 1. The zero-order valence-electron chi connectivity index (χ0n) is 16.0. The largest absolute Gasteiger partial charge is 0.493 e. The molecule has 0 aliphatic heterocycles. The van der Waals surface area contributed by atoms with Crippen molar-refractivity contribution in [3.05, 3.63) is 51.5 Å². The van der Waals surface area contributed by atoms with Crippen LogP contribution in [0.2, 0.25) is 10.0 Å². The van der Waals surface area contributed by atoms with E-state index in [1.54, 1.807) is 50.4 Å². The van der Waals surface area contributed by atoms with Gasteiger partial charge in [-0.25, -0.2) is 0 Å². The fraction of sp³-hybridized carbons (Fsp3) is 0.350. The molecule has 27 heavy (non-hydrogen) atoms. The number of carbonyl (C=O) groups is 1. The van der Waals surface area contributed by atoms with Crippen molar-refractivity contribution in [1.82, 2.24) is 4.90 Å². The van der Waals surface area contributed by atoms with Crippen LogP contribution in [0.1, 0.15) is 24.1 Å². The van der Waals surface area contributed by atoms with Gasteiger partial charge in [0.15, 0.2) is 11.5 Å². The van der Waals surface area contributed by atoms with Crippen molar-refractivity contribution in [2.45, 2.75) is 19.4 Å². The van der Waals surface area contributed by atoms with E-state index in [9.17, 15) is 4.79 Å².